The normalized spacial score (nSPS) is 10.2. The van der Waals surface area contributed by atoms with Gasteiger partial charge < -0.3 is 5.21 Å². The number of hydrogen-bond donors (Lipinski definition) is 0. The van der Waals surface area contributed by atoms with E-state index >= 15 is 0 Å². The van der Waals surface area contributed by atoms with Crippen molar-refractivity contribution >= 4 is 27.5 Å². The zero-order chi connectivity index (χ0) is 8.59. The summed E-state index contributed by atoms with van der Waals surface area (Å²) in [4.78, 5) is 0. The molecule has 0 amide bonds. The quantitative estimate of drug-likeness (QED) is 0.386. The van der Waals surface area contributed by atoms with E-state index in [0.29, 0.717) is 15.3 Å². The maximum absolute atomic E-state index is 11.1. The van der Waals surface area contributed by atoms with Crippen LogP contribution in [0.2, 0.25) is 5.02 Å². The van der Waals surface area contributed by atoms with Crippen molar-refractivity contribution in [1.29, 1.82) is 0 Å². The van der Waals surface area contributed by atoms with Gasteiger partial charge in [-0.2, -0.15) is 4.73 Å². The molecule has 0 unspecified atom stereocenters. The van der Waals surface area contributed by atoms with E-state index in [0.717, 1.165) is 10.3 Å². The molecule has 0 fully saturated rings. The number of aromatic nitrogens is 1. The predicted molar refractivity (Wildman–Crippen MR) is 47.6 cm³/mol. The van der Waals surface area contributed by atoms with Gasteiger partial charge in [-0.05, 0) is 12.5 Å². The maximum Gasteiger partial charge on any atom is 0.259 e. The second-order valence-corrected chi connectivity index (χ2v) is 3.53. The largest absolute Gasteiger partial charge is 0.618 e. The van der Waals surface area contributed by atoms with Gasteiger partial charge in [0.1, 0.15) is 5.02 Å². The molecule has 0 N–H and O–H groups in total. The molecule has 1 heterocycles. The van der Waals surface area contributed by atoms with Gasteiger partial charge in [-0.3, -0.25) is 0 Å². The highest BCUT2D eigenvalue weighted by molar-refractivity contribution is 9.10. The molecule has 4 heteroatoms. The van der Waals surface area contributed by atoms with Crippen LogP contribution in [0, 0.1) is 19.1 Å². The summed E-state index contributed by atoms with van der Waals surface area (Å²) in [5, 5.41) is 11.7. The van der Waals surface area contributed by atoms with Gasteiger partial charge in [-0.15, -0.1) is 0 Å². The molecule has 0 atom stereocenters. The molecule has 0 aliphatic heterocycles. The van der Waals surface area contributed by atoms with Crippen LogP contribution in [-0.4, -0.2) is 0 Å². The van der Waals surface area contributed by atoms with Gasteiger partial charge in [0.15, 0.2) is 0 Å². The first-order valence-electron chi connectivity index (χ1n) is 3.09. The summed E-state index contributed by atoms with van der Waals surface area (Å²) in [6.45, 7) is 3.55. The highest BCUT2D eigenvalue weighted by atomic mass is 79.9. The Bertz CT molecular complexity index is 275. The molecular weight excluding hydrogens is 229 g/mol. The number of halogens is 2. The lowest BCUT2D eigenvalue weighted by Gasteiger charge is -2.05. The van der Waals surface area contributed by atoms with E-state index in [-0.39, 0.29) is 0 Å². The highest BCUT2D eigenvalue weighted by Crippen LogP contribution is 2.19. The standard InChI is InChI=1S/C7H7BrClNO/c1-4-3-6(8)10(11)5(2)7(4)9/h3H,1-2H3. The van der Waals surface area contributed by atoms with Crippen molar-refractivity contribution in [2.45, 2.75) is 13.8 Å². The lowest BCUT2D eigenvalue weighted by molar-refractivity contribution is -0.623. The van der Waals surface area contributed by atoms with Crippen molar-refractivity contribution in [1.82, 2.24) is 0 Å². The van der Waals surface area contributed by atoms with Crippen molar-refractivity contribution in [2.24, 2.45) is 0 Å². The van der Waals surface area contributed by atoms with Gasteiger partial charge in [-0.1, -0.05) is 11.6 Å². The molecule has 11 heavy (non-hydrogen) atoms. The molecule has 0 saturated heterocycles. The van der Waals surface area contributed by atoms with Crippen LogP contribution in [-0.2, 0) is 0 Å². The first-order valence-corrected chi connectivity index (χ1v) is 4.26. The van der Waals surface area contributed by atoms with E-state index in [1.165, 1.54) is 0 Å². The summed E-state index contributed by atoms with van der Waals surface area (Å²) in [7, 11) is 0. The Morgan fingerprint density at radius 2 is 2.09 bits per heavy atom. The van der Waals surface area contributed by atoms with Crippen LogP contribution in [0.1, 0.15) is 11.3 Å². The Morgan fingerprint density at radius 1 is 1.55 bits per heavy atom. The minimum absolute atomic E-state index is 0.497. The van der Waals surface area contributed by atoms with Gasteiger partial charge in [0.2, 0.25) is 5.69 Å². The fourth-order valence-corrected chi connectivity index (χ4v) is 1.58. The molecule has 0 aliphatic rings. The summed E-state index contributed by atoms with van der Waals surface area (Å²) in [6, 6.07) is 1.70. The summed E-state index contributed by atoms with van der Waals surface area (Å²) < 4.78 is 1.26. The lowest BCUT2D eigenvalue weighted by Crippen LogP contribution is -2.32. The summed E-state index contributed by atoms with van der Waals surface area (Å²) in [5.41, 5.74) is 1.43. The number of nitrogens with zero attached hydrogens (tertiary/aromatic N) is 1. The minimum atomic E-state index is 0.497. The molecule has 0 spiro atoms. The second kappa shape index (κ2) is 2.99. The highest BCUT2D eigenvalue weighted by Gasteiger charge is 2.12. The van der Waals surface area contributed by atoms with Crippen LogP contribution in [0.5, 0.6) is 0 Å². The van der Waals surface area contributed by atoms with E-state index in [2.05, 4.69) is 15.9 Å². The topological polar surface area (TPSA) is 26.9 Å². The van der Waals surface area contributed by atoms with E-state index in [1.807, 2.05) is 6.92 Å². The van der Waals surface area contributed by atoms with Gasteiger partial charge >= 0.3 is 0 Å². The van der Waals surface area contributed by atoms with E-state index in [4.69, 9.17) is 11.6 Å². The van der Waals surface area contributed by atoms with E-state index in [9.17, 15) is 5.21 Å². The average Bonchev–Trinajstić information content (AvgIpc) is 1.97. The summed E-state index contributed by atoms with van der Waals surface area (Å²) in [6.07, 6.45) is 0. The Hall–Kier alpha value is -0.280. The third-order valence-electron chi connectivity index (χ3n) is 1.50. The molecule has 60 valence electrons. The Labute approximate surface area is 78.5 Å². The zero-order valence-electron chi connectivity index (χ0n) is 6.19. The number of aryl methyl sites for hydroxylation is 1. The molecule has 0 aromatic carbocycles. The van der Waals surface area contributed by atoms with Crippen molar-refractivity contribution < 1.29 is 4.73 Å². The maximum atomic E-state index is 11.1. The Kier molecular flexibility index (Phi) is 2.40. The van der Waals surface area contributed by atoms with Crippen LogP contribution in [0.15, 0.2) is 10.7 Å². The van der Waals surface area contributed by atoms with Gasteiger partial charge in [0.25, 0.3) is 4.60 Å². The van der Waals surface area contributed by atoms with Crippen molar-refractivity contribution in [2.75, 3.05) is 0 Å². The smallest absolute Gasteiger partial charge is 0.259 e. The third-order valence-corrected chi connectivity index (χ3v) is 2.62. The van der Waals surface area contributed by atoms with Gasteiger partial charge in [0, 0.05) is 28.9 Å². The van der Waals surface area contributed by atoms with Crippen molar-refractivity contribution in [3.05, 3.63) is 32.2 Å². The van der Waals surface area contributed by atoms with Crippen molar-refractivity contribution in [3.63, 3.8) is 0 Å². The first kappa shape index (κ1) is 8.81. The monoisotopic (exact) mass is 235 g/mol. The average molecular weight is 236 g/mol. The van der Waals surface area contributed by atoms with Gasteiger partial charge in [0.05, 0.1) is 0 Å². The molecule has 1 rings (SSSR count). The molecule has 0 aliphatic carbocycles. The Morgan fingerprint density at radius 3 is 2.64 bits per heavy atom. The summed E-state index contributed by atoms with van der Waals surface area (Å²) in [5.74, 6) is 0. The minimum Gasteiger partial charge on any atom is -0.618 e. The van der Waals surface area contributed by atoms with Crippen LogP contribution >= 0.6 is 27.5 Å². The van der Waals surface area contributed by atoms with Crippen LogP contribution in [0.25, 0.3) is 0 Å². The number of hydrogen-bond acceptors (Lipinski definition) is 1. The third kappa shape index (κ3) is 1.49. The molecule has 0 saturated carbocycles. The van der Waals surface area contributed by atoms with Gasteiger partial charge in [-0.25, -0.2) is 0 Å². The van der Waals surface area contributed by atoms with Crippen molar-refractivity contribution in [3.8, 4) is 0 Å². The van der Waals surface area contributed by atoms with Crippen LogP contribution < -0.4 is 4.73 Å². The lowest BCUT2D eigenvalue weighted by atomic mass is 10.2. The first-order chi connectivity index (χ1) is 5.04. The fraction of sp³-hybridized carbons (Fsp3) is 0.286. The molecule has 0 radical (unpaired) electrons. The predicted octanol–water partition coefficient (Wildman–Crippen LogP) is 2.35. The molecule has 1 aromatic rings. The molecule has 2 nitrogen and oxygen atoms in total. The van der Waals surface area contributed by atoms with Crippen LogP contribution in [0.3, 0.4) is 0 Å². The summed E-state index contributed by atoms with van der Waals surface area (Å²) >= 11 is 8.94. The zero-order valence-corrected chi connectivity index (χ0v) is 8.53. The fourth-order valence-electron chi connectivity index (χ4n) is 0.835. The number of rotatable bonds is 0. The second-order valence-electron chi connectivity index (χ2n) is 2.34. The van der Waals surface area contributed by atoms with Crippen LogP contribution in [0.4, 0.5) is 0 Å². The number of pyridine rings is 1. The molecular formula is C7H7BrClNO. The Balaban J connectivity index is 3.46. The molecule has 1 aromatic heterocycles. The molecule has 0 bridgehead atoms. The SMILES string of the molecule is Cc1cc(Br)[n+]([O-])c(C)c1Cl. The van der Waals surface area contributed by atoms with E-state index in [1.54, 1.807) is 13.0 Å². The van der Waals surface area contributed by atoms with E-state index < -0.39 is 0 Å².